The number of hydrogen-bond donors (Lipinski definition) is 2. The Kier molecular flexibility index (Phi) is 3.77. The summed E-state index contributed by atoms with van der Waals surface area (Å²) >= 11 is 0. The van der Waals surface area contributed by atoms with Gasteiger partial charge in [0.2, 0.25) is 0 Å². The van der Waals surface area contributed by atoms with Gasteiger partial charge in [0.05, 0.1) is 24.8 Å². The highest BCUT2D eigenvalue weighted by atomic mass is 16.5. The fourth-order valence-electron chi connectivity index (χ4n) is 4.62. The van der Waals surface area contributed by atoms with Gasteiger partial charge in [0.15, 0.2) is 0 Å². The van der Waals surface area contributed by atoms with Crippen LogP contribution < -0.4 is 10.9 Å². The van der Waals surface area contributed by atoms with E-state index >= 15 is 0 Å². The van der Waals surface area contributed by atoms with Crippen molar-refractivity contribution in [3.8, 4) is 0 Å². The molecule has 1 amide bonds. The molecule has 0 radical (unpaired) electrons. The summed E-state index contributed by atoms with van der Waals surface area (Å²) < 4.78 is 7.93. The van der Waals surface area contributed by atoms with E-state index in [0.29, 0.717) is 0 Å². The van der Waals surface area contributed by atoms with Gasteiger partial charge in [0, 0.05) is 48.3 Å². The Morgan fingerprint density at radius 1 is 1.20 bits per heavy atom. The number of benzene rings is 1. The van der Waals surface area contributed by atoms with Gasteiger partial charge in [-0.15, -0.1) is 0 Å². The monoisotopic (exact) mass is 340 g/mol. The van der Waals surface area contributed by atoms with Crippen molar-refractivity contribution in [1.29, 1.82) is 0 Å². The Bertz CT molecular complexity index is 822. The third kappa shape index (κ3) is 2.47. The number of morpholine rings is 1. The van der Waals surface area contributed by atoms with Gasteiger partial charge in [-0.25, -0.2) is 5.43 Å². The van der Waals surface area contributed by atoms with E-state index in [1.807, 2.05) is 12.1 Å². The predicted molar refractivity (Wildman–Crippen MR) is 95.5 cm³/mol. The average Bonchev–Trinajstić information content (AvgIpc) is 2.91. The summed E-state index contributed by atoms with van der Waals surface area (Å²) in [5, 5.41) is 1.16. The van der Waals surface area contributed by atoms with Gasteiger partial charge in [-0.1, -0.05) is 6.07 Å². The van der Waals surface area contributed by atoms with E-state index in [4.69, 9.17) is 4.74 Å². The maximum Gasteiger partial charge on any atom is 0.266 e. The van der Waals surface area contributed by atoms with Crippen LogP contribution in [-0.4, -0.2) is 48.2 Å². The second-order valence-corrected chi connectivity index (χ2v) is 7.21. The van der Waals surface area contributed by atoms with E-state index in [0.717, 1.165) is 69.6 Å². The highest BCUT2D eigenvalue weighted by Crippen LogP contribution is 2.40. The molecule has 0 spiro atoms. The molecule has 25 heavy (non-hydrogen) atoms. The topological polar surface area (TPSA) is 58.5 Å². The van der Waals surface area contributed by atoms with Crippen LogP contribution >= 0.6 is 0 Å². The van der Waals surface area contributed by atoms with E-state index in [2.05, 4.69) is 26.4 Å². The smallest absolute Gasteiger partial charge is 0.266 e. The van der Waals surface area contributed by atoms with Crippen molar-refractivity contribution >= 4 is 16.8 Å². The Morgan fingerprint density at radius 2 is 2.08 bits per heavy atom. The number of carbonyl (C=O) groups excluding carboxylic acids is 1. The number of aromatic nitrogens is 1. The standard InChI is InChI=1S/C19H24N4O2/c24-19-13-3-1-5-15-17(13)18-14(20-21-19)4-2-6-16(18)23(15)8-7-22-9-11-25-12-10-22/h1,3,5,14,20H,2,4,6-12H2,(H,21,24). The number of nitrogens with zero attached hydrogens (tertiary/aromatic N) is 2. The molecule has 1 atom stereocenters. The van der Waals surface area contributed by atoms with Crippen LogP contribution in [0.25, 0.3) is 10.9 Å². The average molecular weight is 340 g/mol. The molecule has 2 aliphatic heterocycles. The Hall–Kier alpha value is -1.89. The summed E-state index contributed by atoms with van der Waals surface area (Å²) in [6.45, 7) is 5.71. The molecule has 0 bridgehead atoms. The maximum absolute atomic E-state index is 12.5. The lowest BCUT2D eigenvalue weighted by Gasteiger charge is -2.28. The summed E-state index contributed by atoms with van der Waals surface area (Å²) in [6, 6.07) is 6.35. The fourth-order valence-corrected chi connectivity index (χ4v) is 4.62. The van der Waals surface area contributed by atoms with Crippen molar-refractivity contribution in [2.45, 2.75) is 31.8 Å². The van der Waals surface area contributed by atoms with Crippen LogP contribution in [-0.2, 0) is 17.7 Å². The predicted octanol–water partition coefficient (Wildman–Crippen LogP) is 1.60. The van der Waals surface area contributed by atoms with E-state index < -0.39 is 0 Å². The first kappa shape index (κ1) is 15.4. The quantitative estimate of drug-likeness (QED) is 0.891. The van der Waals surface area contributed by atoms with Crippen LogP contribution in [0, 0.1) is 0 Å². The molecule has 1 unspecified atom stereocenters. The minimum atomic E-state index is -0.0203. The normalized spacial score (nSPS) is 23.5. The van der Waals surface area contributed by atoms with E-state index in [-0.39, 0.29) is 11.9 Å². The van der Waals surface area contributed by atoms with Gasteiger partial charge >= 0.3 is 0 Å². The van der Waals surface area contributed by atoms with Gasteiger partial charge < -0.3 is 9.30 Å². The summed E-state index contributed by atoms with van der Waals surface area (Å²) in [4.78, 5) is 15.0. The number of hydrazine groups is 1. The van der Waals surface area contributed by atoms with E-state index in [1.54, 1.807) is 0 Å². The largest absolute Gasteiger partial charge is 0.379 e. The first-order valence-corrected chi connectivity index (χ1v) is 9.33. The lowest BCUT2D eigenvalue weighted by atomic mass is 9.90. The summed E-state index contributed by atoms with van der Waals surface area (Å²) in [7, 11) is 0. The lowest BCUT2D eigenvalue weighted by Crippen LogP contribution is -2.40. The van der Waals surface area contributed by atoms with Crippen molar-refractivity contribution in [3.05, 3.63) is 35.0 Å². The van der Waals surface area contributed by atoms with Crippen LogP contribution in [0.1, 0.15) is 40.5 Å². The highest BCUT2D eigenvalue weighted by Gasteiger charge is 2.32. The summed E-state index contributed by atoms with van der Waals surface area (Å²) in [5.41, 5.74) is 10.9. The minimum Gasteiger partial charge on any atom is -0.379 e. The maximum atomic E-state index is 12.5. The molecule has 132 valence electrons. The van der Waals surface area contributed by atoms with E-state index in [1.165, 1.54) is 16.8 Å². The molecule has 2 N–H and O–H groups in total. The lowest BCUT2D eigenvalue weighted by molar-refractivity contribution is 0.0364. The van der Waals surface area contributed by atoms with Crippen LogP contribution in [0.5, 0.6) is 0 Å². The molecule has 6 nitrogen and oxygen atoms in total. The molecule has 1 aliphatic carbocycles. The number of ether oxygens (including phenoxy) is 1. The van der Waals surface area contributed by atoms with Crippen molar-refractivity contribution in [1.82, 2.24) is 20.3 Å². The zero-order valence-electron chi connectivity index (χ0n) is 14.4. The third-order valence-corrected chi connectivity index (χ3v) is 5.84. The molecule has 2 aromatic rings. The molecular weight excluding hydrogens is 316 g/mol. The van der Waals surface area contributed by atoms with Crippen LogP contribution in [0.3, 0.4) is 0 Å². The van der Waals surface area contributed by atoms with Gasteiger partial charge in [-0.05, 0) is 31.4 Å². The third-order valence-electron chi connectivity index (χ3n) is 5.84. The Balaban J connectivity index is 1.59. The number of amides is 1. The van der Waals surface area contributed by atoms with Crippen molar-refractivity contribution in [2.75, 3.05) is 32.8 Å². The van der Waals surface area contributed by atoms with Crippen molar-refractivity contribution < 1.29 is 9.53 Å². The Labute approximate surface area is 147 Å². The van der Waals surface area contributed by atoms with Crippen LogP contribution in [0.4, 0.5) is 0 Å². The fraction of sp³-hybridized carbons (Fsp3) is 0.526. The summed E-state index contributed by atoms with van der Waals surface area (Å²) in [5.74, 6) is -0.0203. The molecule has 1 aromatic carbocycles. The molecule has 1 saturated heterocycles. The van der Waals surface area contributed by atoms with Crippen molar-refractivity contribution in [3.63, 3.8) is 0 Å². The molecule has 1 aromatic heterocycles. The van der Waals surface area contributed by atoms with E-state index in [9.17, 15) is 4.79 Å². The molecule has 3 heterocycles. The number of nitrogens with one attached hydrogen (secondary N) is 2. The summed E-state index contributed by atoms with van der Waals surface area (Å²) in [6.07, 6.45) is 3.33. The second-order valence-electron chi connectivity index (χ2n) is 7.21. The minimum absolute atomic E-state index is 0.0203. The molecule has 6 heteroatoms. The molecule has 5 rings (SSSR count). The highest BCUT2D eigenvalue weighted by molar-refractivity contribution is 6.09. The second kappa shape index (κ2) is 6.12. The SMILES string of the molecule is O=C1NNC2CCCc3c2c2c1cccc2n3CCN1CCOCC1. The first-order valence-electron chi connectivity index (χ1n) is 9.33. The first-order chi connectivity index (χ1) is 12.3. The number of carbonyl (C=O) groups is 1. The molecule has 3 aliphatic rings. The zero-order chi connectivity index (χ0) is 16.8. The molecule has 1 fully saturated rings. The zero-order valence-corrected chi connectivity index (χ0v) is 14.4. The molecular formula is C19H24N4O2. The van der Waals surface area contributed by atoms with Crippen LogP contribution in [0.15, 0.2) is 18.2 Å². The number of hydrogen-bond acceptors (Lipinski definition) is 4. The number of rotatable bonds is 3. The Morgan fingerprint density at radius 3 is 2.96 bits per heavy atom. The van der Waals surface area contributed by atoms with Crippen molar-refractivity contribution in [2.24, 2.45) is 0 Å². The van der Waals surface area contributed by atoms with Gasteiger partial charge in [0.25, 0.3) is 5.91 Å². The molecule has 0 saturated carbocycles. The van der Waals surface area contributed by atoms with Gasteiger partial charge in [-0.2, -0.15) is 0 Å². The van der Waals surface area contributed by atoms with Crippen LogP contribution in [0.2, 0.25) is 0 Å². The van der Waals surface area contributed by atoms with Gasteiger partial charge in [-0.3, -0.25) is 15.1 Å². The van der Waals surface area contributed by atoms with Gasteiger partial charge in [0.1, 0.15) is 0 Å².